The molecule has 4 aromatic rings. The number of carboxylic acids is 1. The molecule has 0 aliphatic carbocycles. The summed E-state index contributed by atoms with van der Waals surface area (Å²) >= 11 is 0. The number of carboxylic acid groups (broad SMARTS) is 1. The number of benzene rings is 3. The lowest BCUT2D eigenvalue weighted by Crippen LogP contribution is -2.32. The van der Waals surface area contributed by atoms with Crippen molar-refractivity contribution in [1.29, 1.82) is 5.41 Å². The molecule has 8 nitrogen and oxygen atoms in total. The van der Waals surface area contributed by atoms with Crippen molar-refractivity contribution < 1.29 is 19.1 Å². The third-order valence-corrected chi connectivity index (χ3v) is 5.79. The Bertz CT molecular complexity index is 1350. The van der Waals surface area contributed by atoms with Gasteiger partial charge in [0.15, 0.2) is 0 Å². The number of amidine groups is 1. The summed E-state index contributed by atoms with van der Waals surface area (Å²) in [6.45, 7) is -0.526. The number of alkyl halides is 1. The molecule has 9 heteroatoms. The summed E-state index contributed by atoms with van der Waals surface area (Å²) < 4.78 is 12.5. The molecule has 1 aromatic heterocycles. The number of carbonyl (C=O) groups excluding carboxylic acids is 1. The van der Waals surface area contributed by atoms with Crippen LogP contribution in [0.3, 0.4) is 0 Å². The number of fused-ring (bicyclic) bond motifs is 1. The molecule has 5 N–H and O–H groups in total. The Balaban J connectivity index is 1.59. The molecule has 0 unspecified atom stereocenters. The van der Waals surface area contributed by atoms with Gasteiger partial charge in [0.1, 0.15) is 18.3 Å². The minimum absolute atomic E-state index is 0.0422. The maximum atomic E-state index is 13.3. The maximum absolute atomic E-state index is 13.3. The van der Waals surface area contributed by atoms with Gasteiger partial charge in [-0.15, -0.1) is 0 Å². The number of hydrogen-bond acceptors (Lipinski definition) is 4. The summed E-state index contributed by atoms with van der Waals surface area (Å²) in [5.41, 5.74) is 3.03. The Morgan fingerprint density at radius 2 is 1.75 bits per heavy atom. The zero-order valence-corrected chi connectivity index (χ0v) is 19.4. The predicted molar refractivity (Wildman–Crippen MR) is 136 cm³/mol. The van der Waals surface area contributed by atoms with E-state index in [1.807, 2.05) is 54.6 Å². The number of halogens is 1. The highest BCUT2D eigenvalue weighted by Crippen LogP contribution is 2.25. The summed E-state index contributed by atoms with van der Waals surface area (Å²) in [5.74, 6) is -1.42. The second-order valence-electron chi connectivity index (χ2n) is 8.28. The fraction of sp³-hybridized carbons (Fsp3) is 0.185. The summed E-state index contributed by atoms with van der Waals surface area (Å²) in [6.07, 6.45) is 0.950. The number of nitrogens with zero attached hydrogens (tertiary/aromatic N) is 1. The SMILES string of the molecule is N=C(CF)NCCC[C@H](NC(=O)c1ccc(-c2ccccc2)cc1C(=O)O)c1nc2ccccc2[nH]1. The fourth-order valence-corrected chi connectivity index (χ4v) is 3.97. The number of rotatable bonds is 10. The Morgan fingerprint density at radius 1 is 1.00 bits per heavy atom. The maximum Gasteiger partial charge on any atom is 0.336 e. The van der Waals surface area contributed by atoms with Gasteiger partial charge in [-0.2, -0.15) is 0 Å². The molecule has 4 rings (SSSR count). The van der Waals surface area contributed by atoms with Gasteiger partial charge in [-0.1, -0.05) is 48.5 Å². The zero-order valence-electron chi connectivity index (χ0n) is 19.4. The van der Waals surface area contributed by atoms with Crippen molar-refractivity contribution in [1.82, 2.24) is 20.6 Å². The molecule has 1 amide bonds. The molecule has 0 fully saturated rings. The first-order valence-electron chi connectivity index (χ1n) is 11.5. The lowest BCUT2D eigenvalue weighted by atomic mass is 9.98. The van der Waals surface area contributed by atoms with Crippen molar-refractivity contribution in [2.75, 3.05) is 13.2 Å². The van der Waals surface area contributed by atoms with Crippen molar-refractivity contribution in [3.8, 4) is 11.1 Å². The van der Waals surface area contributed by atoms with E-state index < -0.39 is 24.6 Å². The van der Waals surface area contributed by atoms with E-state index >= 15 is 0 Å². The molecule has 0 saturated heterocycles. The van der Waals surface area contributed by atoms with Gasteiger partial charge < -0.3 is 20.7 Å². The van der Waals surface area contributed by atoms with Gasteiger partial charge in [-0.05, 0) is 48.2 Å². The average Bonchev–Trinajstić information content (AvgIpc) is 3.34. The van der Waals surface area contributed by atoms with E-state index in [1.165, 1.54) is 12.1 Å². The zero-order chi connectivity index (χ0) is 25.5. The van der Waals surface area contributed by atoms with E-state index in [4.69, 9.17) is 5.41 Å². The molecule has 0 saturated carbocycles. The molecule has 0 spiro atoms. The summed E-state index contributed by atoms with van der Waals surface area (Å²) in [7, 11) is 0. The quantitative estimate of drug-likeness (QED) is 0.126. The molecule has 0 bridgehead atoms. The van der Waals surface area contributed by atoms with Crippen LogP contribution in [0, 0.1) is 5.41 Å². The largest absolute Gasteiger partial charge is 0.478 e. The van der Waals surface area contributed by atoms with E-state index in [0.717, 1.165) is 16.6 Å². The number of aromatic nitrogens is 2. The van der Waals surface area contributed by atoms with Crippen LogP contribution in [0.15, 0.2) is 72.8 Å². The normalized spacial score (nSPS) is 11.7. The van der Waals surface area contributed by atoms with Gasteiger partial charge in [0.05, 0.1) is 28.2 Å². The molecule has 0 aliphatic rings. The number of imidazole rings is 1. The van der Waals surface area contributed by atoms with Gasteiger partial charge in [0.25, 0.3) is 5.91 Å². The lowest BCUT2D eigenvalue weighted by Gasteiger charge is -2.18. The highest BCUT2D eigenvalue weighted by Gasteiger charge is 2.23. The second kappa shape index (κ2) is 11.3. The standard InChI is InChI=1S/C27H26FN5O3/c28-16-24(29)30-14-6-11-23(25-31-21-9-4-5-10-22(21)32-25)33-26(34)19-13-12-18(15-20(19)27(35)36)17-7-2-1-3-8-17/h1-5,7-10,12-13,15,23H,6,11,14,16H2,(H2,29,30)(H,31,32)(H,33,34)(H,35,36)/t23-/m0/s1. The van der Waals surface area contributed by atoms with Crippen LogP contribution < -0.4 is 10.6 Å². The third-order valence-electron chi connectivity index (χ3n) is 5.79. The van der Waals surface area contributed by atoms with Crippen molar-refractivity contribution >= 4 is 28.7 Å². The number of aromatic carboxylic acids is 1. The van der Waals surface area contributed by atoms with Crippen LogP contribution in [0.1, 0.15) is 45.4 Å². The van der Waals surface area contributed by atoms with Crippen LogP contribution in [0.2, 0.25) is 0 Å². The predicted octanol–water partition coefficient (Wildman–Crippen LogP) is 4.72. The fourth-order valence-electron chi connectivity index (χ4n) is 3.97. The Morgan fingerprint density at radius 3 is 2.47 bits per heavy atom. The molecule has 0 aliphatic heterocycles. The Kier molecular flexibility index (Phi) is 7.69. The average molecular weight is 488 g/mol. The Labute approximate surface area is 207 Å². The van der Waals surface area contributed by atoms with Gasteiger partial charge in [0.2, 0.25) is 0 Å². The Hall–Kier alpha value is -4.53. The van der Waals surface area contributed by atoms with Crippen molar-refractivity contribution in [3.63, 3.8) is 0 Å². The molecule has 36 heavy (non-hydrogen) atoms. The van der Waals surface area contributed by atoms with E-state index in [1.54, 1.807) is 6.07 Å². The molecule has 0 radical (unpaired) electrons. The van der Waals surface area contributed by atoms with Gasteiger partial charge >= 0.3 is 5.97 Å². The topological polar surface area (TPSA) is 131 Å². The van der Waals surface area contributed by atoms with Gasteiger partial charge in [0, 0.05) is 6.54 Å². The summed E-state index contributed by atoms with van der Waals surface area (Å²) in [5, 5.41) is 22.8. The smallest absolute Gasteiger partial charge is 0.336 e. The number of hydrogen-bond donors (Lipinski definition) is 5. The minimum Gasteiger partial charge on any atom is -0.478 e. The second-order valence-corrected chi connectivity index (χ2v) is 8.28. The molecular weight excluding hydrogens is 461 g/mol. The highest BCUT2D eigenvalue weighted by molar-refractivity contribution is 6.05. The first-order chi connectivity index (χ1) is 17.5. The van der Waals surface area contributed by atoms with Crippen molar-refractivity contribution in [3.05, 3.63) is 89.7 Å². The van der Waals surface area contributed by atoms with Crippen molar-refractivity contribution in [2.24, 2.45) is 0 Å². The third kappa shape index (κ3) is 5.75. The van der Waals surface area contributed by atoms with E-state index in [-0.39, 0.29) is 17.0 Å². The van der Waals surface area contributed by atoms with E-state index in [0.29, 0.717) is 30.8 Å². The number of aromatic amines is 1. The molecule has 184 valence electrons. The van der Waals surface area contributed by atoms with Crippen LogP contribution in [-0.4, -0.2) is 46.0 Å². The number of amides is 1. The highest BCUT2D eigenvalue weighted by atomic mass is 19.1. The van der Waals surface area contributed by atoms with Crippen LogP contribution >= 0.6 is 0 Å². The number of nitrogens with one attached hydrogen (secondary N) is 4. The van der Waals surface area contributed by atoms with Crippen LogP contribution in [0.25, 0.3) is 22.2 Å². The van der Waals surface area contributed by atoms with E-state index in [2.05, 4.69) is 20.6 Å². The first-order valence-corrected chi connectivity index (χ1v) is 11.5. The molecule has 1 heterocycles. The minimum atomic E-state index is -1.20. The number of para-hydroxylation sites is 2. The number of carbonyl (C=O) groups is 2. The summed E-state index contributed by atoms with van der Waals surface area (Å²) in [6, 6.07) is 21.0. The van der Waals surface area contributed by atoms with E-state index in [9.17, 15) is 19.1 Å². The molecule has 3 aromatic carbocycles. The summed E-state index contributed by atoms with van der Waals surface area (Å²) in [4.78, 5) is 33.1. The van der Waals surface area contributed by atoms with Crippen LogP contribution in [0.5, 0.6) is 0 Å². The van der Waals surface area contributed by atoms with Gasteiger partial charge in [-0.25, -0.2) is 14.2 Å². The van der Waals surface area contributed by atoms with Gasteiger partial charge in [-0.3, -0.25) is 10.2 Å². The number of H-pyrrole nitrogens is 1. The molecule has 1 atom stereocenters. The molecular formula is C27H26FN5O3. The van der Waals surface area contributed by atoms with Crippen LogP contribution in [0.4, 0.5) is 4.39 Å². The first kappa shape index (κ1) is 24.6. The van der Waals surface area contributed by atoms with Crippen molar-refractivity contribution in [2.45, 2.75) is 18.9 Å². The monoisotopic (exact) mass is 487 g/mol. The van der Waals surface area contributed by atoms with Crippen LogP contribution in [-0.2, 0) is 0 Å². The lowest BCUT2D eigenvalue weighted by molar-refractivity contribution is 0.0690.